The van der Waals surface area contributed by atoms with Crippen molar-refractivity contribution < 1.29 is 4.74 Å². The second kappa shape index (κ2) is 5.11. The standard InChI is InChI=1S/C17H16N2OS/c1-11-4-2-5-12(8-11)9-20-16-15-13-6-3-7-14(13)21-17(15)19-10-18-16/h2,4-5,8,10H,3,6-7,9H2,1H3. The van der Waals surface area contributed by atoms with Gasteiger partial charge < -0.3 is 4.74 Å². The van der Waals surface area contributed by atoms with E-state index >= 15 is 0 Å². The number of aryl methyl sites for hydroxylation is 3. The van der Waals surface area contributed by atoms with Gasteiger partial charge in [0.05, 0.1) is 5.39 Å². The molecule has 0 radical (unpaired) electrons. The van der Waals surface area contributed by atoms with Crippen molar-refractivity contribution in [1.29, 1.82) is 0 Å². The topological polar surface area (TPSA) is 35.0 Å². The summed E-state index contributed by atoms with van der Waals surface area (Å²) in [5.74, 6) is 0.737. The Kier molecular flexibility index (Phi) is 3.11. The van der Waals surface area contributed by atoms with Crippen LogP contribution in [0.5, 0.6) is 5.88 Å². The first-order valence-corrected chi connectivity index (χ1v) is 8.06. The highest BCUT2D eigenvalue weighted by Gasteiger charge is 2.21. The number of nitrogens with zero attached hydrogens (tertiary/aromatic N) is 2. The summed E-state index contributed by atoms with van der Waals surface area (Å²) in [6.45, 7) is 2.65. The maximum Gasteiger partial charge on any atom is 0.225 e. The lowest BCUT2D eigenvalue weighted by Gasteiger charge is -2.07. The molecular formula is C17H16N2OS. The summed E-state index contributed by atoms with van der Waals surface area (Å²) >= 11 is 1.79. The number of benzene rings is 1. The van der Waals surface area contributed by atoms with Crippen molar-refractivity contribution in [3.63, 3.8) is 0 Å². The molecule has 1 aliphatic carbocycles. The summed E-state index contributed by atoms with van der Waals surface area (Å²) in [4.78, 5) is 11.3. The number of ether oxygens (including phenoxy) is 1. The number of rotatable bonds is 3. The summed E-state index contributed by atoms with van der Waals surface area (Å²) < 4.78 is 6.00. The summed E-state index contributed by atoms with van der Waals surface area (Å²) in [7, 11) is 0. The van der Waals surface area contributed by atoms with Crippen LogP contribution in [0.4, 0.5) is 0 Å². The molecule has 0 saturated heterocycles. The Labute approximate surface area is 127 Å². The van der Waals surface area contributed by atoms with Crippen LogP contribution < -0.4 is 4.74 Å². The highest BCUT2D eigenvalue weighted by atomic mass is 32.1. The van der Waals surface area contributed by atoms with Gasteiger partial charge >= 0.3 is 0 Å². The monoisotopic (exact) mass is 296 g/mol. The normalized spacial score (nSPS) is 13.6. The van der Waals surface area contributed by atoms with Gasteiger partial charge in [0.2, 0.25) is 5.88 Å². The molecule has 21 heavy (non-hydrogen) atoms. The molecule has 2 heterocycles. The van der Waals surface area contributed by atoms with E-state index in [1.54, 1.807) is 17.7 Å². The Bertz CT molecular complexity index is 810. The molecule has 0 atom stereocenters. The van der Waals surface area contributed by atoms with Crippen molar-refractivity contribution in [2.45, 2.75) is 32.8 Å². The van der Waals surface area contributed by atoms with Crippen molar-refractivity contribution in [3.8, 4) is 5.88 Å². The van der Waals surface area contributed by atoms with E-state index < -0.39 is 0 Å². The van der Waals surface area contributed by atoms with Gasteiger partial charge in [-0.25, -0.2) is 9.97 Å². The fourth-order valence-corrected chi connectivity index (χ4v) is 4.18. The van der Waals surface area contributed by atoms with Crippen LogP contribution in [-0.2, 0) is 19.4 Å². The van der Waals surface area contributed by atoms with E-state index in [9.17, 15) is 0 Å². The molecule has 1 aromatic carbocycles. The van der Waals surface area contributed by atoms with Crippen molar-refractivity contribution in [1.82, 2.24) is 9.97 Å². The number of aromatic nitrogens is 2. The van der Waals surface area contributed by atoms with E-state index in [2.05, 4.69) is 41.2 Å². The molecule has 0 saturated carbocycles. The van der Waals surface area contributed by atoms with Crippen molar-refractivity contribution in [3.05, 3.63) is 52.2 Å². The predicted octanol–water partition coefficient (Wildman–Crippen LogP) is 4.07. The van der Waals surface area contributed by atoms with Crippen LogP contribution in [0, 0.1) is 6.92 Å². The average Bonchev–Trinajstić information content (AvgIpc) is 3.05. The lowest BCUT2D eigenvalue weighted by atomic mass is 10.1. The first-order valence-electron chi connectivity index (χ1n) is 7.25. The molecule has 1 aliphatic rings. The number of fused-ring (bicyclic) bond motifs is 3. The second-order valence-corrected chi connectivity index (χ2v) is 6.58. The molecular weight excluding hydrogens is 280 g/mol. The van der Waals surface area contributed by atoms with Crippen LogP contribution in [-0.4, -0.2) is 9.97 Å². The van der Waals surface area contributed by atoms with Gasteiger partial charge in [-0.05, 0) is 37.3 Å². The van der Waals surface area contributed by atoms with Gasteiger partial charge in [0.25, 0.3) is 0 Å². The fraction of sp³-hybridized carbons (Fsp3) is 0.294. The second-order valence-electron chi connectivity index (χ2n) is 5.49. The Morgan fingerprint density at radius 3 is 3.10 bits per heavy atom. The summed E-state index contributed by atoms with van der Waals surface area (Å²) in [5, 5.41) is 1.14. The third-order valence-corrected chi connectivity index (χ3v) is 5.12. The van der Waals surface area contributed by atoms with Crippen LogP contribution in [0.1, 0.15) is 28.0 Å². The molecule has 0 bridgehead atoms. The zero-order valence-electron chi connectivity index (χ0n) is 11.9. The third-order valence-electron chi connectivity index (χ3n) is 3.92. The molecule has 2 aromatic heterocycles. The molecule has 106 valence electrons. The van der Waals surface area contributed by atoms with Crippen LogP contribution in [0.25, 0.3) is 10.2 Å². The fourth-order valence-electron chi connectivity index (χ4n) is 2.96. The van der Waals surface area contributed by atoms with Crippen LogP contribution in [0.15, 0.2) is 30.6 Å². The van der Waals surface area contributed by atoms with Crippen molar-refractivity contribution >= 4 is 21.6 Å². The summed E-state index contributed by atoms with van der Waals surface area (Å²) in [6.07, 6.45) is 5.15. The maximum atomic E-state index is 6.00. The first-order chi connectivity index (χ1) is 10.3. The van der Waals surface area contributed by atoms with E-state index in [0.717, 1.165) is 22.5 Å². The molecule has 4 heteroatoms. The maximum absolute atomic E-state index is 6.00. The molecule has 0 amide bonds. The van der Waals surface area contributed by atoms with Crippen LogP contribution in [0.2, 0.25) is 0 Å². The highest BCUT2D eigenvalue weighted by molar-refractivity contribution is 7.18. The van der Waals surface area contributed by atoms with Gasteiger partial charge in [0, 0.05) is 4.88 Å². The smallest absolute Gasteiger partial charge is 0.225 e. The summed E-state index contributed by atoms with van der Waals surface area (Å²) in [6, 6.07) is 8.39. The van der Waals surface area contributed by atoms with Gasteiger partial charge in [-0.3, -0.25) is 0 Å². The molecule has 0 unspecified atom stereocenters. The third kappa shape index (κ3) is 2.29. The van der Waals surface area contributed by atoms with Crippen LogP contribution >= 0.6 is 11.3 Å². The number of hydrogen-bond donors (Lipinski definition) is 0. The molecule has 0 aliphatic heterocycles. The summed E-state index contributed by atoms with van der Waals surface area (Å²) in [5.41, 5.74) is 3.84. The molecule has 0 spiro atoms. The van der Waals surface area contributed by atoms with Gasteiger partial charge in [0.15, 0.2) is 0 Å². The van der Waals surface area contributed by atoms with E-state index in [4.69, 9.17) is 4.74 Å². The van der Waals surface area contributed by atoms with E-state index in [0.29, 0.717) is 6.61 Å². The molecule has 0 N–H and O–H groups in total. The van der Waals surface area contributed by atoms with Gasteiger partial charge in [0.1, 0.15) is 17.8 Å². The molecule has 3 aromatic rings. The van der Waals surface area contributed by atoms with Crippen LogP contribution in [0.3, 0.4) is 0 Å². The minimum absolute atomic E-state index is 0.554. The lowest BCUT2D eigenvalue weighted by Crippen LogP contribution is -1.99. The average molecular weight is 296 g/mol. The number of hydrogen-bond acceptors (Lipinski definition) is 4. The molecule has 0 fully saturated rings. The van der Waals surface area contributed by atoms with Gasteiger partial charge in [-0.2, -0.15) is 0 Å². The van der Waals surface area contributed by atoms with E-state index in [1.807, 2.05) is 0 Å². The minimum Gasteiger partial charge on any atom is -0.472 e. The van der Waals surface area contributed by atoms with Crippen molar-refractivity contribution in [2.24, 2.45) is 0 Å². The largest absolute Gasteiger partial charge is 0.472 e. The van der Waals surface area contributed by atoms with Gasteiger partial charge in [-0.15, -0.1) is 11.3 Å². The Morgan fingerprint density at radius 2 is 2.19 bits per heavy atom. The van der Waals surface area contributed by atoms with E-state index in [-0.39, 0.29) is 0 Å². The zero-order valence-corrected chi connectivity index (χ0v) is 12.7. The first kappa shape index (κ1) is 12.8. The quantitative estimate of drug-likeness (QED) is 0.731. The molecule has 4 rings (SSSR count). The SMILES string of the molecule is Cc1cccc(COc2ncnc3sc4c(c23)CCC4)c1. The molecule has 3 nitrogen and oxygen atoms in total. The highest BCUT2D eigenvalue weighted by Crippen LogP contribution is 2.39. The van der Waals surface area contributed by atoms with Crippen molar-refractivity contribution in [2.75, 3.05) is 0 Å². The van der Waals surface area contributed by atoms with E-state index in [1.165, 1.54) is 34.4 Å². The minimum atomic E-state index is 0.554. The van der Waals surface area contributed by atoms with Gasteiger partial charge in [-0.1, -0.05) is 29.8 Å². The Hall–Kier alpha value is -1.94. The number of thiophene rings is 1. The lowest BCUT2D eigenvalue weighted by molar-refractivity contribution is 0.297. The predicted molar refractivity (Wildman–Crippen MR) is 85.0 cm³/mol. The Balaban J connectivity index is 1.67. The Morgan fingerprint density at radius 1 is 1.24 bits per heavy atom. The zero-order chi connectivity index (χ0) is 14.2.